The Balaban J connectivity index is 1.25. The van der Waals surface area contributed by atoms with Crippen molar-refractivity contribution in [1.29, 1.82) is 0 Å². The number of nitrogens with zero attached hydrogens (tertiary/aromatic N) is 6. The van der Waals surface area contributed by atoms with Crippen LogP contribution in [-0.4, -0.2) is 87.0 Å². The topological polar surface area (TPSA) is 87.9 Å². The Morgan fingerprint density at radius 2 is 2.00 bits per heavy atom. The van der Waals surface area contributed by atoms with Gasteiger partial charge in [0.1, 0.15) is 6.33 Å². The second-order valence-electron chi connectivity index (χ2n) is 9.11. The molecule has 0 aromatic carbocycles. The van der Waals surface area contributed by atoms with Crippen molar-refractivity contribution in [1.82, 2.24) is 29.6 Å². The Hall–Kier alpha value is -2.26. The van der Waals surface area contributed by atoms with Gasteiger partial charge in [0.15, 0.2) is 0 Å². The molecule has 2 atom stereocenters. The molecule has 31 heavy (non-hydrogen) atoms. The van der Waals surface area contributed by atoms with Gasteiger partial charge in [-0.05, 0) is 44.1 Å². The lowest BCUT2D eigenvalue weighted by Crippen LogP contribution is -2.46. The molecule has 9 heteroatoms. The molecule has 2 aromatic heterocycles. The van der Waals surface area contributed by atoms with E-state index in [9.17, 15) is 4.79 Å². The summed E-state index contributed by atoms with van der Waals surface area (Å²) in [4.78, 5) is 17.5. The summed E-state index contributed by atoms with van der Waals surface area (Å²) in [7, 11) is 0. The number of carbonyl (C=O) groups is 1. The van der Waals surface area contributed by atoms with Crippen LogP contribution in [0.25, 0.3) is 5.65 Å². The fraction of sp³-hybridized carbons (Fsp3) is 0.727. The van der Waals surface area contributed by atoms with Gasteiger partial charge in [-0.15, -0.1) is 10.2 Å². The Bertz CT molecular complexity index is 906. The van der Waals surface area contributed by atoms with Crippen molar-refractivity contribution in [3.8, 4) is 0 Å². The van der Waals surface area contributed by atoms with Gasteiger partial charge in [-0.2, -0.15) is 9.61 Å². The third kappa shape index (κ3) is 4.67. The first-order valence-electron chi connectivity index (χ1n) is 11.8. The first-order chi connectivity index (χ1) is 15.2. The molecular weight excluding hydrogens is 394 g/mol. The molecule has 0 spiro atoms. The third-order valence-corrected chi connectivity index (χ3v) is 6.92. The molecule has 0 bridgehead atoms. The second kappa shape index (κ2) is 9.08. The van der Waals surface area contributed by atoms with Crippen LogP contribution in [0.2, 0.25) is 0 Å². The number of nitrogens with one attached hydrogen (secondary N) is 1. The van der Waals surface area contributed by atoms with Crippen molar-refractivity contribution in [2.45, 2.75) is 57.5 Å². The van der Waals surface area contributed by atoms with Gasteiger partial charge in [0.25, 0.3) is 0 Å². The molecule has 1 saturated carbocycles. The third-order valence-electron chi connectivity index (χ3n) is 6.92. The number of anilines is 1. The van der Waals surface area contributed by atoms with Crippen LogP contribution < -0.4 is 5.32 Å². The fourth-order valence-corrected chi connectivity index (χ4v) is 4.90. The number of aryl methyl sites for hydroxylation is 1. The van der Waals surface area contributed by atoms with Crippen LogP contribution in [0.15, 0.2) is 12.4 Å². The predicted molar refractivity (Wildman–Crippen MR) is 117 cm³/mol. The van der Waals surface area contributed by atoms with Gasteiger partial charge in [-0.1, -0.05) is 6.92 Å². The van der Waals surface area contributed by atoms with Gasteiger partial charge in [0.2, 0.25) is 11.6 Å². The Morgan fingerprint density at radius 3 is 2.77 bits per heavy atom. The van der Waals surface area contributed by atoms with E-state index < -0.39 is 0 Å². The SMILES string of the molecule is CCc1cc(NC[C@@H]2CC[C@H](CC(=O)N3CCOCC3)N2CC2CC2)c2nncn2n1. The summed E-state index contributed by atoms with van der Waals surface area (Å²) in [6.45, 7) is 6.86. The maximum Gasteiger partial charge on any atom is 0.224 e. The molecular formula is C22H33N7O2. The molecule has 3 aliphatic rings. The number of carbonyl (C=O) groups excluding carboxylic acids is 1. The summed E-state index contributed by atoms with van der Waals surface area (Å²) >= 11 is 0. The van der Waals surface area contributed by atoms with Crippen LogP contribution in [0.4, 0.5) is 5.69 Å². The summed E-state index contributed by atoms with van der Waals surface area (Å²) in [5, 5.41) is 16.4. The molecule has 5 rings (SSSR count). The number of ether oxygens (including phenoxy) is 1. The number of hydrogen-bond acceptors (Lipinski definition) is 7. The first-order valence-corrected chi connectivity index (χ1v) is 11.8. The summed E-state index contributed by atoms with van der Waals surface area (Å²) < 4.78 is 7.16. The van der Waals surface area contributed by atoms with Crippen LogP contribution in [0.3, 0.4) is 0 Å². The van der Waals surface area contributed by atoms with Gasteiger partial charge >= 0.3 is 0 Å². The van der Waals surface area contributed by atoms with Crippen LogP contribution in [0, 0.1) is 5.92 Å². The van der Waals surface area contributed by atoms with E-state index in [0.29, 0.717) is 31.7 Å². The molecule has 168 valence electrons. The molecule has 4 heterocycles. The number of aromatic nitrogens is 4. The van der Waals surface area contributed by atoms with Gasteiger partial charge in [-0.25, -0.2) is 0 Å². The summed E-state index contributed by atoms with van der Waals surface area (Å²) in [6.07, 6.45) is 8.01. The lowest BCUT2D eigenvalue weighted by Gasteiger charge is -2.33. The zero-order valence-corrected chi connectivity index (χ0v) is 18.4. The number of hydrogen-bond donors (Lipinski definition) is 1. The van der Waals surface area contributed by atoms with Gasteiger partial charge in [0.05, 0.1) is 24.6 Å². The van der Waals surface area contributed by atoms with E-state index in [0.717, 1.165) is 68.4 Å². The smallest absolute Gasteiger partial charge is 0.224 e. The molecule has 0 radical (unpaired) electrons. The minimum atomic E-state index is 0.287. The second-order valence-corrected chi connectivity index (χ2v) is 9.11. The highest BCUT2D eigenvalue weighted by Gasteiger charge is 2.38. The highest BCUT2D eigenvalue weighted by molar-refractivity contribution is 5.77. The highest BCUT2D eigenvalue weighted by atomic mass is 16.5. The van der Waals surface area contributed by atoms with Crippen LogP contribution in [-0.2, 0) is 16.0 Å². The normalized spacial score (nSPS) is 24.7. The van der Waals surface area contributed by atoms with Gasteiger partial charge in [-0.3, -0.25) is 9.69 Å². The van der Waals surface area contributed by atoms with Gasteiger partial charge in [0, 0.05) is 44.7 Å². The van der Waals surface area contributed by atoms with E-state index >= 15 is 0 Å². The van der Waals surface area contributed by atoms with Crippen molar-refractivity contribution in [2.24, 2.45) is 5.92 Å². The summed E-state index contributed by atoms with van der Waals surface area (Å²) in [5.74, 6) is 1.09. The van der Waals surface area contributed by atoms with Crippen LogP contribution in [0.5, 0.6) is 0 Å². The molecule has 2 aliphatic heterocycles. The lowest BCUT2D eigenvalue weighted by molar-refractivity contribution is -0.136. The van der Waals surface area contributed by atoms with Crippen molar-refractivity contribution < 1.29 is 9.53 Å². The molecule has 1 aliphatic carbocycles. The molecule has 2 aromatic rings. The van der Waals surface area contributed by atoms with Crippen molar-refractivity contribution in [2.75, 3.05) is 44.7 Å². The highest BCUT2D eigenvalue weighted by Crippen LogP contribution is 2.35. The van der Waals surface area contributed by atoms with E-state index in [1.54, 1.807) is 10.8 Å². The summed E-state index contributed by atoms with van der Waals surface area (Å²) in [5.41, 5.74) is 2.77. The zero-order chi connectivity index (χ0) is 21.2. The largest absolute Gasteiger partial charge is 0.380 e. The monoisotopic (exact) mass is 427 g/mol. The maximum absolute atomic E-state index is 12.9. The van der Waals surface area contributed by atoms with E-state index in [1.165, 1.54) is 12.8 Å². The number of rotatable bonds is 8. The zero-order valence-electron chi connectivity index (χ0n) is 18.4. The minimum absolute atomic E-state index is 0.287. The maximum atomic E-state index is 12.9. The number of likely N-dealkylation sites (tertiary alicyclic amines) is 1. The average Bonchev–Trinajstić information content (AvgIpc) is 3.36. The summed E-state index contributed by atoms with van der Waals surface area (Å²) in [6, 6.07) is 2.87. The fourth-order valence-electron chi connectivity index (χ4n) is 4.90. The molecule has 9 nitrogen and oxygen atoms in total. The lowest BCUT2D eigenvalue weighted by atomic mass is 10.1. The number of fused-ring (bicyclic) bond motifs is 1. The molecule has 0 unspecified atom stereocenters. The minimum Gasteiger partial charge on any atom is -0.380 e. The van der Waals surface area contributed by atoms with Crippen LogP contribution >= 0.6 is 0 Å². The molecule has 1 N–H and O–H groups in total. The van der Waals surface area contributed by atoms with Crippen molar-refractivity contribution in [3.05, 3.63) is 18.1 Å². The molecule has 2 saturated heterocycles. The first kappa shape index (κ1) is 20.6. The molecule has 3 fully saturated rings. The Kier molecular flexibility index (Phi) is 6.04. The molecule has 1 amide bonds. The van der Waals surface area contributed by atoms with Crippen LogP contribution in [0.1, 0.15) is 44.7 Å². The van der Waals surface area contributed by atoms with E-state index in [1.807, 2.05) is 4.90 Å². The van der Waals surface area contributed by atoms with Gasteiger partial charge < -0.3 is 15.0 Å². The van der Waals surface area contributed by atoms with E-state index in [2.05, 4.69) is 38.5 Å². The Labute approximate surface area is 183 Å². The number of amides is 1. The standard InChI is InChI=1S/C22H33N7O2/c1-2-17-11-20(22-25-24-15-29(22)26-17)23-13-19-6-5-18(28(19)14-16-3-4-16)12-21(30)27-7-9-31-10-8-27/h11,15-16,18-19,23H,2-10,12-14H2,1H3/t18-,19+/m1/s1. The van der Waals surface area contributed by atoms with Crippen molar-refractivity contribution >= 4 is 17.2 Å². The quantitative estimate of drug-likeness (QED) is 0.684. The Morgan fingerprint density at radius 1 is 1.19 bits per heavy atom. The van der Waals surface area contributed by atoms with E-state index in [4.69, 9.17) is 4.74 Å². The average molecular weight is 428 g/mol. The van der Waals surface area contributed by atoms with Crippen molar-refractivity contribution in [3.63, 3.8) is 0 Å². The number of morpholine rings is 1. The van der Waals surface area contributed by atoms with E-state index in [-0.39, 0.29) is 5.91 Å². The predicted octanol–water partition coefficient (Wildman–Crippen LogP) is 1.59.